The predicted molar refractivity (Wildman–Crippen MR) is 71.6 cm³/mol. The molecule has 2 aliphatic rings. The molecule has 0 saturated carbocycles. The summed E-state index contributed by atoms with van der Waals surface area (Å²) in [7, 11) is 0. The summed E-state index contributed by atoms with van der Waals surface area (Å²) in [5, 5.41) is 18.9. The lowest BCUT2D eigenvalue weighted by Gasteiger charge is -2.34. The average molecular weight is 266 g/mol. The zero-order valence-corrected chi connectivity index (χ0v) is 11.5. The highest BCUT2D eigenvalue weighted by atomic mass is 16.7. The van der Waals surface area contributed by atoms with Crippen molar-refractivity contribution in [2.45, 2.75) is 51.3 Å². The first-order chi connectivity index (χ1) is 9.22. The van der Waals surface area contributed by atoms with E-state index in [1.165, 1.54) is 11.1 Å². The predicted octanol–water partition coefficient (Wildman–Crippen LogP) is 1.62. The van der Waals surface area contributed by atoms with Crippen molar-refractivity contribution in [2.75, 3.05) is 6.61 Å². The standard InChI is InChI=1S/C13H16O4.C2H6/c14-7-12-11(15)6-13(17-12)5-9-3-1-2-4-10(9)8-16-13;1-2/h1-4,11-12,14-15H,5-8H2;1-2H3/t11-,12+,13-;/m0./s1. The SMILES string of the molecule is CC.OC[C@H]1O[C@@]2(Cc3ccccc3CO2)C[C@@H]1O. The van der Waals surface area contributed by atoms with Crippen LogP contribution in [0.5, 0.6) is 0 Å². The minimum Gasteiger partial charge on any atom is -0.394 e. The monoisotopic (exact) mass is 266 g/mol. The molecule has 3 rings (SSSR count). The van der Waals surface area contributed by atoms with E-state index in [0.29, 0.717) is 19.4 Å². The van der Waals surface area contributed by atoms with Gasteiger partial charge in [-0.05, 0) is 11.1 Å². The first-order valence-electron chi connectivity index (χ1n) is 6.90. The van der Waals surface area contributed by atoms with Crippen molar-refractivity contribution in [2.24, 2.45) is 0 Å². The molecule has 0 aromatic heterocycles. The van der Waals surface area contributed by atoms with E-state index in [4.69, 9.17) is 14.6 Å². The van der Waals surface area contributed by atoms with Gasteiger partial charge in [0, 0.05) is 12.8 Å². The van der Waals surface area contributed by atoms with E-state index >= 15 is 0 Å². The number of hydrogen-bond acceptors (Lipinski definition) is 4. The van der Waals surface area contributed by atoms with Crippen LogP contribution in [0.1, 0.15) is 31.4 Å². The summed E-state index contributed by atoms with van der Waals surface area (Å²) in [6, 6.07) is 8.08. The fourth-order valence-electron chi connectivity index (χ4n) is 2.64. The molecule has 3 atom stereocenters. The van der Waals surface area contributed by atoms with Gasteiger partial charge in [0.25, 0.3) is 0 Å². The van der Waals surface area contributed by atoms with Crippen LogP contribution < -0.4 is 0 Å². The molecule has 0 unspecified atom stereocenters. The Labute approximate surface area is 114 Å². The van der Waals surface area contributed by atoms with E-state index < -0.39 is 18.0 Å². The lowest BCUT2D eigenvalue weighted by Crippen LogP contribution is -2.39. The normalized spacial score (nSPS) is 32.6. The zero-order chi connectivity index (χ0) is 13.9. The highest BCUT2D eigenvalue weighted by molar-refractivity contribution is 5.29. The van der Waals surface area contributed by atoms with Crippen LogP contribution in [0.25, 0.3) is 0 Å². The van der Waals surface area contributed by atoms with Gasteiger partial charge < -0.3 is 19.7 Å². The third kappa shape index (κ3) is 2.82. The molecule has 106 valence electrons. The Hall–Kier alpha value is -0.940. The third-order valence-corrected chi connectivity index (χ3v) is 3.56. The number of aliphatic hydroxyl groups is 2. The molecule has 1 saturated heterocycles. The second-order valence-electron chi connectivity index (χ2n) is 4.76. The van der Waals surface area contributed by atoms with Gasteiger partial charge in [-0.15, -0.1) is 0 Å². The number of hydrogen-bond donors (Lipinski definition) is 2. The summed E-state index contributed by atoms with van der Waals surface area (Å²) in [6.07, 6.45) is -0.117. The smallest absolute Gasteiger partial charge is 0.175 e. The van der Waals surface area contributed by atoms with Crippen LogP contribution in [0.4, 0.5) is 0 Å². The van der Waals surface area contributed by atoms with Crippen molar-refractivity contribution in [3.05, 3.63) is 35.4 Å². The molecule has 19 heavy (non-hydrogen) atoms. The molecule has 0 radical (unpaired) electrons. The van der Waals surface area contributed by atoms with Crippen LogP contribution in [-0.2, 0) is 22.5 Å². The van der Waals surface area contributed by atoms with Crippen LogP contribution in [0.2, 0.25) is 0 Å². The molecule has 0 bridgehead atoms. The number of rotatable bonds is 1. The van der Waals surface area contributed by atoms with Crippen LogP contribution in [0.15, 0.2) is 24.3 Å². The van der Waals surface area contributed by atoms with Crippen LogP contribution in [0, 0.1) is 0 Å². The van der Waals surface area contributed by atoms with E-state index in [1.807, 2.05) is 32.0 Å². The largest absolute Gasteiger partial charge is 0.394 e. The van der Waals surface area contributed by atoms with Crippen molar-refractivity contribution >= 4 is 0 Å². The van der Waals surface area contributed by atoms with Crippen LogP contribution in [0.3, 0.4) is 0 Å². The number of ether oxygens (including phenoxy) is 2. The Morgan fingerprint density at radius 1 is 1.26 bits per heavy atom. The summed E-state index contributed by atoms with van der Waals surface area (Å²) < 4.78 is 11.4. The Kier molecular flexibility index (Phi) is 4.58. The lowest BCUT2D eigenvalue weighted by molar-refractivity contribution is -0.242. The minimum absolute atomic E-state index is 0.173. The van der Waals surface area contributed by atoms with Gasteiger partial charge in [0.1, 0.15) is 6.10 Å². The van der Waals surface area contributed by atoms with Gasteiger partial charge in [0.05, 0.1) is 19.3 Å². The molecule has 1 aromatic rings. The van der Waals surface area contributed by atoms with E-state index in [-0.39, 0.29) is 6.61 Å². The molecule has 4 nitrogen and oxygen atoms in total. The Morgan fingerprint density at radius 3 is 2.58 bits per heavy atom. The third-order valence-electron chi connectivity index (χ3n) is 3.56. The maximum Gasteiger partial charge on any atom is 0.175 e. The second kappa shape index (κ2) is 6.01. The quantitative estimate of drug-likeness (QED) is 0.811. The molecule has 1 fully saturated rings. The van der Waals surface area contributed by atoms with Crippen molar-refractivity contribution in [3.8, 4) is 0 Å². The zero-order valence-electron chi connectivity index (χ0n) is 11.5. The minimum atomic E-state index is -0.749. The van der Waals surface area contributed by atoms with Gasteiger partial charge in [-0.25, -0.2) is 0 Å². The topological polar surface area (TPSA) is 58.9 Å². The molecule has 1 aromatic carbocycles. The molecular weight excluding hydrogens is 244 g/mol. The summed E-state index contributed by atoms with van der Waals surface area (Å²) in [4.78, 5) is 0. The summed E-state index contributed by atoms with van der Waals surface area (Å²) in [6.45, 7) is 4.33. The molecular formula is C15H22O4. The molecule has 1 spiro atoms. The van der Waals surface area contributed by atoms with Crippen LogP contribution in [-0.4, -0.2) is 34.8 Å². The first kappa shape index (κ1) is 14.5. The fourth-order valence-corrected chi connectivity index (χ4v) is 2.64. The molecule has 2 heterocycles. The van der Waals surface area contributed by atoms with Crippen molar-refractivity contribution < 1.29 is 19.7 Å². The first-order valence-corrected chi connectivity index (χ1v) is 6.90. The van der Waals surface area contributed by atoms with Crippen molar-refractivity contribution in [1.82, 2.24) is 0 Å². The molecule has 2 aliphatic heterocycles. The highest BCUT2D eigenvalue weighted by Gasteiger charge is 2.48. The maximum atomic E-state index is 9.79. The van der Waals surface area contributed by atoms with Gasteiger partial charge in [-0.3, -0.25) is 0 Å². The fraction of sp³-hybridized carbons (Fsp3) is 0.600. The summed E-state index contributed by atoms with van der Waals surface area (Å²) >= 11 is 0. The van der Waals surface area contributed by atoms with E-state index in [9.17, 15) is 5.11 Å². The van der Waals surface area contributed by atoms with Gasteiger partial charge >= 0.3 is 0 Å². The Balaban J connectivity index is 0.000000637. The van der Waals surface area contributed by atoms with Gasteiger partial charge in [0.15, 0.2) is 5.79 Å². The molecule has 2 N–H and O–H groups in total. The average Bonchev–Trinajstić information content (AvgIpc) is 2.76. The number of benzene rings is 1. The van der Waals surface area contributed by atoms with E-state index in [1.54, 1.807) is 0 Å². The Bertz CT molecular complexity index is 420. The van der Waals surface area contributed by atoms with Crippen molar-refractivity contribution in [1.29, 1.82) is 0 Å². The van der Waals surface area contributed by atoms with E-state index in [2.05, 4.69) is 6.07 Å². The van der Waals surface area contributed by atoms with Gasteiger partial charge in [-0.2, -0.15) is 0 Å². The molecule has 0 amide bonds. The molecule has 4 heteroatoms. The number of fused-ring (bicyclic) bond motifs is 1. The van der Waals surface area contributed by atoms with Crippen molar-refractivity contribution in [3.63, 3.8) is 0 Å². The van der Waals surface area contributed by atoms with Crippen LogP contribution >= 0.6 is 0 Å². The van der Waals surface area contributed by atoms with Gasteiger partial charge in [-0.1, -0.05) is 38.1 Å². The highest BCUT2D eigenvalue weighted by Crippen LogP contribution is 2.39. The molecule has 0 aliphatic carbocycles. The summed E-state index contributed by atoms with van der Waals surface area (Å²) in [5.41, 5.74) is 2.37. The van der Waals surface area contributed by atoms with Gasteiger partial charge in [0.2, 0.25) is 0 Å². The Morgan fingerprint density at radius 2 is 1.95 bits per heavy atom. The lowest BCUT2D eigenvalue weighted by atomic mass is 9.94. The second-order valence-corrected chi connectivity index (χ2v) is 4.76. The van der Waals surface area contributed by atoms with E-state index in [0.717, 1.165) is 0 Å². The summed E-state index contributed by atoms with van der Waals surface area (Å²) in [5.74, 6) is -0.749. The maximum absolute atomic E-state index is 9.79. The number of aliphatic hydroxyl groups excluding tert-OH is 2.